The molecule has 2 amide bonds. The molecule has 2 aromatic rings. The zero-order valence-corrected chi connectivity index (χ0v) is 14.9. The highest BCUT2D eigenvalue weighted by Gasteiger charge is 2.35. The van der Waals surface area contributed by atoms with Crippen molar-refractivity contribution in [3.05, 3.63) is 48.4 Å². The zero-order valence-electron chi connectivity index (χ0n) is 14.9. The molecule has 0 saturated carbocycles. The molecule has 1 atom stereocenters. The van der Waals surface area contributed by atoms with Gasteiger partial charge in [-0.05, 0) is 42.8 Å². The van der Waals surface area contributed by atoms with E-state index in [9.17, 15) is 9.59 Å². The predicted molar refractivity (Wildman–Crippen MR) is 97.9 cm³/mol. The lowest BCUT2D eigenvalue weighted by Crippen LogP contribution is -2.32. The maximum Gasteiger partial charge on any atom is 0.227 e. The summed E-state index contributed by atoms with van der Waals surface area (Å²) < 4.78 is 10.8. The van der Waals surface area contributed by atoms with Crippen molar-refractivity contribution in [1.82, 2.24) is 5.32 Å². The minimum Gasteiger partial charge on any atom is -0.494 e. The summed E-state index contributed by atoms with van der Waals surface area (Å²) in [7, 11) is 0. The van der Waals surface area contributed by atoms with Crippen molar-refractivity contribution in [2.24, 2.45) is 5.92 Å². The standard InChI is InChI=1S/C20H24N2O4/c1-2-3-10-25-17-8-6-16(7-9-17)22-14-15(12-19(22)23)20(24)21-13-18-5-4-11-26-18/h4-9,11,15H,2-3,10,12-14H2,1H3,(H,21,24)/t15-/m1/s1. The molecule has 6 nitrogen and oxygen atoms in total. The largest absolute Gasteiger partial charge is 0.494 e. The lowest BCUT2D eigenvalue weighted by molar-refractivity contribution is -0.126. The Morgan fingerprint density at radius 3 is 2.81 bits per heavy atom. The Kier molecular flexibility index (Phi) is 5.94. The van der Waals surface area contributed by atoms with E-state index >= 15 is 0 Å². The van der Waals surface area contributed by atoms with Crippen LogP contribution in [0.25, 0.3) is 0 Å². The Hall–Kier alpha value is -2.76. The topological polar surface area (TPSA) is 71.8 Å². The fraction of sp³-hybridized carbons (Fsp3) is 0.400. The highest BCUT2D eigenvalue weighted by Crippen LogP contribution is 2.27. The molecule has 0 radical (unpaired) electrons. The number of amides is 2. The van der Waals surface area contributed by atoms with Crippen LogP contribution in [0.1, 0.15) is 31.9 Å². The highest BCUT2D eigenvalue weighted by molar-refractivity contribution is 6.00. The summed E-state index contributed by atoms with van der Waals surface area (Å²) in [5, 5.41) is 2.83. The van der Waals surface area contributed by atoms with Crippen molar-refractivity contribution in [2.45, 2.75) is 32.7 Å². The lowest BCUT2D eigenvalue weighted by Gasteiger charge is -2.17. The Bertz CT molecular complexity index is 725. The highest BCUT2D eigenvalue weighted by atomic mass is 16.5. The fourth-order valence-electron chi connectivity index (χ4n) is 2.92. The van der Waals surface area contributed by atoms with Gasteiger partial charge in [-0.25, -0.2) is 0 Å². The molecular formula is C20H24N2O4. The normalized spacial score (nSPS) is 16.7. The van der Waals surface area contributed by atoms with Gasteiger partial charge < -0.3 is 19.4 Å². The molecule has 6 heteroatoms. The van der Waals surface area contributed by atoms with E-state index in [4.69, 9.17) is 9.15 Å². The number of hydrogen-bond acceptors (Lipinski definition) is 4. The van der Waals surface area contributed by atoms with Gasteiger partial charge in [-0.1, -0.05) is 13.3 Å². The Morgan fingerprint density at radius 1 is 1.31 bits per heavy atom. The number of rotatable bonds is 8. The summed E-state index contributed by atoms with van der Waals surface area (Å²) in [5.41, 5.74) is 0.791. The zero-order chi connectivity index (χ0) is 18.4. The minimum atomic E-state index is -0.349. The molecule has 1 saturated heterocycles. The number of nitrogens with zero attached hydrogens (tertiary/aromatic N) is 1. The van der Waals surface area contributed by atoms with Gasteiger partial charge in [-0.3, -0.25) is 9.59 Å². The van der Waals surface area contributed by atoms with Gasteiger partial charge >= 0.3 is 0 Å². The van der Waals surface area contributed by atoms with Crippen LogP contribution in [0.4, 0.5) is 5.69 Å². The first-order chi connectivity index (χ1) is 12.7. The third-order valence-electron chi connectivity index (χ3n) is 4.43. The van der Waals surface area contributed by atoms with Crippen molar-refractivity contribution < 1.29 is 18.7 Å². The van der Waals surface area contributed by atoms with E-state index in [2.05, 4.69) is 12.2 Å². The van der Waals surface area contributed by atoms with Crippen LogP contribution >= 0.6 is 0 Å². The van der Waals surface area contributed by atoms with Crippen LogP contribution in [0.3, 0.4) is 0 Å². The molecule has 1 aromatic carbocycles. The average Bonchev–Trinajstić information content (AvgIpc) is 3.30. The molecule has 1 fully saturated rings. The number of furan rings is 1. The molecule has 1 N–H and O–H groups in total. The number of benzene rings is 1. The summed E-state index contributed by atoms with van der Waals surface area (Å²) in [5.74, 6) is 0.970. The summed E-state index contributed by atoms with van der Waals surface area (Å²) in [6.07, 6.45) is 3.89. The lowest BCUT2D eigenvalue weighted by atomic mass is 10.1. The Labute approximate surface area is 153 Å². The second-order valence-electron chi connectivity index (χ2n) is 6.40. The van der Waals surface area contributed by atoms with Crippen molar-refractivity contribution in [2.75, 3.05) is 18.1 Å². The van der Waals surface area contributed by atoms with Gasteiger partial charge in [0.05, 0.1) is 25.3 Å². The third-order valence-corrected chi connectivity index (χ3v) is 4.43. The van der Waals surface area contributed by atoms with Crippen LogP contribution in [0, 0.1) is 5.92 Å². The predicted octanol–water partition coefficient (Wildman–Crippen LogP) is 3.13. The average molecular weight is 356 g/mol. The Balaban J connectivity index is 1.54. The summed E-state index contributed by atoms with van der Waals surface area (Å²) in [6.45, 7) is 3.53. The third kappa shape index (κ3) is 4.45. The van der Waals surface area contributed by atoms with E-state index in [-0.39, 0.29) is 24.2 Å². The van der Waals surface area contributed by atoms with Gasteiger partial charge in [-0.15, -0.1) is 0 Å². The van der Waals surface area contributed by atoms with E-state index in [1.54, 1.807) is 23.3 Å². The molecule has 1 aliphatic heterocycles. The van der Waals surface area contributed by atoms with E-state index < -0.39 is 0 Å². The van der Waals surface area contributed by atoms with Crippen LogP contribution in [0.15, 0.2) is 47.1 Å². The molecule has 0 aliphatic carbocycles. The van der Waals surface area contributed by atoms with Crippen molar-refractivity contribution in [3.8, 4) is 5.75 Å². The minimum absolute atomic E-state index is 0.0391. The molecular weight excluding hydrogens is 332 g/mol. The van der Waals surface area contributed by atoms with E-state index in [1.807, 2.05) is 24.3 Å². The molecule has 2 heterocycles. The van der Waals surface area contributed by atoms with E-state index in [0.29, 0.717) is 25.5 Å². The molecule has 138 valence electrons. The number of carbonyl (C=O) groups excluding carboxylic acids is 2. The number of anilines is 1. The van der Waals surface area contributed by atoms with Gasteiger partial charge in [0.2, 0.25) is 11.8 Å². The molecule has 0 unspecified atom stereocenters. The van der Waals surface area contributed by atoms with Crippen LogP contribution in [0.5, 0.6) is 5.75 Å². The van der Waals surface area contributed by atoms with Crippen LogP contribution < -0.4 is 15.0 Å². The quantitative estimate of drug-likeness (QED) is 0.738. The summed E-state index contributed by atoms with van der Waals surface area (Å²) in [4.78, 5) is 26.3. The molecule has 3 rings (SSSR count). The van der Waals surface area contributed by atoms with Gasteiger partial charge in [0.25, 0.3) is 0 Å². The van der Waals surface area contributed by atoms with Crippen LogP contribution in [-0.2, 0) is 16.1 Å². The van der Waals surface area contributed by atoms with Crippen LogP contribution in [-0.4, -0.2) is 25.0 Å². The van der Waals surface area contributed by atoms with E-state index in [1.165, 1.54) is 0 Å². The van der Waals surface area contributed by atoms with Crippen LogP contribution in [0.2, 0.25) is 0 Å². The van der Waals surface area contributed by atoms with Gasteiger partial charge in [0.1, 0.15) is 11.5 Å². The SMILES string of the molecule is CCCCOc1ccc(N2C[C@H](C(=O)NCc3ccco3)CC2=O)cc1. The van der Waals surface area contributed by atoms with Gasteiger partial charge in [0.15, 0.2) is 0 Å². The van der Waals surface area contributed by atoms with E-state index in [0.717, 1.165) is 24.3 Å². The number of hydrogen-bond donors (Lipinski definition) is 1. The monoisotopic (exact) mass is 356 g/mol. The second-order valence-corrected chi connectivity index (χ2v) is 6.40. The van der Waals surface area contributed by atoms with Gasteiger partial charge in [0, 0.05) is 18.7 Å². The summed E-state index contributed by atoms with van der Waals surface area (Å²) >= 11 is 0. The van der Waals surface area contributed by atoms with Crippen molar-refractivity contribution in [1.29, 1.82) is 0 Å². The van der Waals surface area contributed by atoms with Gasteiger partial charge in [-0.2, -0.15) is 0 Å². The first kappa shape index (κ1) is 18.0. The smallest absolute Gasteiger partial charge is 0.227 e. The fourth-order valence-corrected chi connectivity index (χ4v) is 2.92. The molecule has 1 aliphatic rings. The Morgan fingerprint density at radius 2 is 2.12 bits per heavy atom. The number of unbranched alkanes of at least 4 members (excludes halogenated alkanes) is 1. The number of carbonyl (C=O) groups is 2. The molecule has 0 bridgehead atoms. The first-order valence-electron chi connectivity index (χ1n) is 9.00. The molecule has 0 spiro atoms. The van der Waals surface area contributed by atoms with Crippen molar-refractivity contribution in [3.63, 3.8) is 0 Å². The maximum atomic E-state index is 12.3. The molecule has 26 heavy (non-hydrogen) atoms. The summed E-state index contributed by atoms with van der Waals surface area (Å²) in [6, 6.07) is 11.0. The second kappa shape index (κ2) is 8.56. The maximum absolute atomic E-state index is 12.3. The van der Waals surface area contributed by atoms with Crippen molar-refractivity contribution >= 4 is 17.5 Å². The first-order valence-corrected chi connectivity index (χ1v) is 9.00. The molecule has 1 aromatic heterocycles. The number of ether oxygens (including phenoxy) is 1. The number of nitrogens with one attached hydrogen (secondary N) is 1.